The number of nitrogens with one attached hydrogen (secondary N) is 1. The van der Waals surface area contributed by atoms with Crippen molar-refractivity contribution < 1.29 is 9.53 Å². The first kappa shape index (κ1) is 28.4. The lowest BCUT2D eigenvalue weighted by atomic mass is 9.96. The Labute approximate surface area is 239 Å². The van der Waals surface area contributed by atoms with Crippen LogP contribution in [-0.2, 0) is 4.79 Å². The highest BCUT2D eigenvalue weighted by atomic mass is 16.5. The van der Waals surface area contributed by atoms with Crippen molar-refractivity contribution in [1.29, 1.82) is 0 Å². The van der Waals surface area contributed by atoms with Crippen molar-refractivity contribution in [2.75, 3.05) is 87.0 Å². The number of piperidine rings is 1. The highest BCUT2D eigenvalue weighted by Gasteiger charge is 2.38. The SMILES string of the molecule is CC[C@@H]1C(=O)N(C)c2cnc(Nc3ccc(N4CCN(CC5CCN(C)CC5)CC4)cc3OC)nc2N1C(C)C. The molecule has 0 spiro atoms. The number of carbonyl (C=O) groups is 1. The van der Waals surface area contributed by atoms with Crippen LogP contribution in [0.1, 0.15) is 40.0 Å². The van der Waals surface area contributed by atoms with Gasteiger partial charge in [0, 0.05) is 57.6 Å². The van der Waals surface area contributed by atoms with Crippen LogP contribution in [0, 0.1) is 5.92 Å². The summed E-state index contributed by atoms with van der Waals surface area (Å²) in [5.41, 5.74) is 2.71. The summed E-state index contributed by atoms with van der Waals surface area (Å²) in [4.78, 5) is 33.7. The molecule has 0 radical (unpaired) electrons. The van der Waals surface area contributed by atoms with Gasteiger partial charge in [-0.25, -0.2) is 4.98 Å². The van der Waals surface area contributed by atoms with Gasteiger partial charge < -0.3 is 29.7 Å². The van der Waals surface area contributed by atoms with Gasteiger partial charge in [-0.1, -0.05) is 6.92 Å². The number of likely N-dealkylation sites (N-methyl/N-ethyl adjacent to an activating group) is 1. The summed E-state index contributed by atoms with van der Waals surface area (Å²) in [6.07, 6.45) is 5.09. The number of nitrogens with zero attached hydrogens (tertiary/aromatic N) is 7. The maximum atomic E-state index is 13.0. The van der Waals surface area contributed by atoms with E-state index in [-0.39, 0.29) is 18.0 Å². The van der Waals surface area contributed by atoms with Crippen LogP contribution in [0.15, 0.2) is 24.4 Å². The van der Waals surface area contributed by atoms with Crippen LogP contribution in [0.4, 0.5) is 28.8 Å². The van der Waals surface area contributed by atoms with E-state index in [1.807, 2.05) is 13.0 Å². The largest absolute Gasteiger partial charge is 0.494 e. The molecule has 0 aliphatic carbocycles. The molecular weight excluding hydrogens is 504 g/mol. The standard InChI is InChI=1S/C30H46N8O2/c1-7-25-29(39)35(5)26-19-31-30(33-28(26)38(25)21(2)3)32-24-9-8-23(18-27(24)40-6)37-16-14-36(15-17-37)20-22-10-12-34(4)13-11-22/h8-9,18-19,21-22,25H,7,10-17,20H2,1-6H3,(H,31,32,33)/t25-/m1/s1. The van der Waals surface area contributed by atoms with E-state index in [4.69, 9.17) is 9.72 Å². The molecule has 218 valence electrons. The number of carbonyl (C=O) groups excluding carboxylic acids is 1. The Morgan fingerprint density at radius 1 is 1.07 bits per heavy atom. The van der Waals surface area contributed by atoms with Crippen LogP contribution in [0.2, 0.25) is 0 Å². The van der Waals surface area contributed by atoms with Gasteiger partial charge in [0.05, 0.1) is 19.0 Å². The number of likely N-dealkylation sites (tertiary alicyclic amines) is 1. The number of amides is 1. The molecule has 10 heteroatoms. The molecule has 2 aromatic rings. The summed E-state index contributed by atoms with van der Waals surface area (Å²) >= 11 is 0. The van der Waals surface area contributed by atoms with Crippen molar-refractivity contribution in [3.63, 3.8) is 0 Å². The second-order valence-corrected chi connectivity index (χ2v) is 11.8. The van der Waals surface area contributed by atoms with E-state index in [0.29, 0.717) is 5.95 Å². The maximum Gasteiger partial charge on any atom is 0.249 e. The lowest BCUT2D eigenvalue weighted by Crippen LogP contribution is -2.54. The lowest BCUT2D eigenvalue weighted by Gasteiger charge is -2.42. The molecule has 2 saturated heterocycles. The van der Waals surface area contributed by atoms with Crippen LogP contribution in [-0.4, -0.2) is 105 Å². The van der Waals surface area contributed by atoms with E-state index in [1.165, 1.54) is 38.2 Å². The Bertz CT molecular complexity index is 1170. The molecule has 1 amide bonds. The normalized spacial score (nSPS) is 21.2. The Morgan fingerprint density at radius 2 is 1.80 bits per heavy atom. The van der Waals surface area contributed by atoms with E-state index >= 15 is 0 Å². The zero-order valence-electron chi connectivity index (χ0n) is 25.1. The highest BCUT2D eigenvalue weighted by molar-refractivity contribution is 6.04. The fourth-order valence-corrected chi connectivity index (χ4v) is 6.34. The van der Waals surface area contributed by atoms with Crippen molar-refractivity contribution in [1.82, 2.24) is 19.8 Å². The van der Waals surface area contributed by atoms with Crippen LogP contribution in [0.5, 0.6) is 5.75 Å². The number of ether oxygens (including phenoxy) is 1. The first-order valence-corrected chi connectivity index (χ1v) is 14.8. The maximum absolute atomic E-state index is 13.0. The van der Waals surface area contributed by atoms with Crippen LogP contribution in [0.25, 0.3) is 0 Å². The Balaban J connectivity index is 1.27. The zero-order chi connectivity index (χ0) is 28.4. The third-order valence-electron chi connectivity index (χ3n) is 8.77. The summed E-state index contributed by atoms with van der Waals surface area (Å²) in [5, 5.41) is 3.37. The topological polar surface area (TPSA) is 80.3 Å². The first-order valence-electron chi connectivity index (χ1n) is 14.8. The molecule has 1 aromatic heterocycles. The molecule has 1 aromatic carbocycles. The van der Waals surface area contributed by atoms with Crippen molar-refractivity contribution in [3.8, 4) is 5.75 Å². The molecule has 40 heavy (non-hydrogen) atoms. The average molecular weight is 551 g/mol. The van der Waals surface area contributed by atoms with Gasteiger partial charge in [0.1, 0.15) is 17.5 Å². The second-order valence-electron chi connectivity index (χ2n) is 11.8. The summed E-state index contributed by atoms with van der Waals surface area (Å²) in [6.45, 7) is 14.1. The van der Waals surface area contributed by atoms with E-state index in [2.05, 4.69) is 62.9 Å². The third kappa shape index (κ3) is 5.83. The fraction of sp³-hybridized carbons (Fsp3) is 0.633. The molecule has 4 heterocycles. The van der Waals surface area contributed by atoms with Crippen LogP contribution in [0.3, 0.4) is 0 Å². The van der Waals surface area contributed by atoms with E-state index in [9.17, 15) is 4.79 Å². The molecule has 3 aliphatic heterocycles. The number of rotatable bonds is 8. The molecule has 2 fully saturated rings. The Kier molecular flexibility index (Phi) is 8.65. The Morgan fingerprint density at radius 3 is 2.45 bits per heavy atom. The van der Waals surface area contributed by atoms with Gasteiger partial charge in [-0.2, -0.15) is 4.98 Å². The number of benzene rings is 1. The molecule has 5 rings (SSSR count). The van der Waals surface area contributed by atoms with Crippen LogP contribution < -0.4 is 24.8 Å². The summed E-state index contributed by atoms with van der Waals surface area (Å²) < 4.78 is 5.79. The molecule has 0 unspecified atom stereocenters. The molecular formula is C30H46N8O2. The monoisotopic (exact) mass is 550 g/mol. The number of piperazine rings is 1. The predicted octanol–water partition coefficient (Wildman–Crippen LogP) is 3.66. The second kappa shape index (κ2) is 12.2. The summed E-state index contributed by atoms with van der Waals surface area (Å²) in [6, 6.07) is 6.19. The summed E-state index contributed by atoms with van der Waals surface area (Å²) in [5.74, 6) is 2.92. The molecule has 10 nitrogen and oxygen atoms in total. The van der Waals surface area contributed by atoms with Crippen molar-refractivity contribution in [2.45, 2.75) is 52.1 Å². The zero-order valence-corrected chi connectivity index (χ0v) is 25.1. The quantitative estimate of drug-likeness (QED) is 0.530. The van der Waals surface area contributed by atoms with Crippen molar-refractivity contribution in [2.24, 2.45) is 5.92 Å². The van der Waals surface area contributed by atoms with Gasteiger partial charge in [-0.15, -0.1) is 0 Å². The van der Waals surface area contributed by atoms with Crippen LogP contribution >= 0.6 is 0 Å². The minimum Gasteiger partial charge on any atom is -0.494 e. The number of methoxy groups -OCH3 is 1. The fourth-order valence-electron chi connectivity index (χ4n) is 6.34. The lowest BCUT2D eigenvalue weighted by molar-refractivity contribution is -0.120. The molecule has 3 aliphatic rings. The van der Waals surface area contributed by atoms with E-state index in [1.54, 1.807) is 25.3 Å². The van der Waals surface area contributed by atoms with Gasteiger partial charge in [0.25, 0.3) is 0 Å². The summed E-state index contributed by atoms with van der Waals surface area (Å²) in [7, 11) is 5.73. The van der Waals surface area contributed by atoms with E-state index < -0.39 is 0 Å². The number of hydrogen-bond acceptors (Lipinski definition) is 9. The minimum atomic E-state index is -0.237. The number of hydrogen-bond donors (Lipinski definition) is 1. The van der Waals surface area contributed by atoms with E-state index in [0.717, 1.165) is 61.5 Å². The first-order chi connectivity index (χ1) is 19.3. The Hall–Kier alpha value is -3.11. The number of aromatic nitrogens is 2. The minimum absolute atomic E-state index is 0.0768. The molecule has 0 bridgehead atoms. The molecule has 0 saturated carbocycles. The van der Waals surface area contributed by atoms with Crippen molar-refractivity contribution >= 4 is 34.7 Å². The molecule has 1 N–H and O–H groups in total. The molecule has 1 atom stereocenters. The smallest absolute Gasteiger partial charge is 0.249 e. The highest BCUT2D eigenvalue weighted by Crippen LogP contribution is 2.38. The predicted molar refractivity (Wildman–Crippen MR) is 162 cm³/mol. The third-order valence-corrected chi connectivity index (χ3v) is 8.77. The number of fused-ring (bicyclic) bond motifs is 1. The van der Waals surface area contributed by atoms with Gasteiger partial charge in [0.2, 0.25) is 11.9 Å². The van der Waals surface area contributed by atoms with Crippen molar-refractivity contribution in [3.05, 3.63) is 24.4 Å². The van der Waals surface area contributed by atoms with Gasteiger partial charge in [0.15, 0.2) is 5.82 Å². The van der Waals surface area contributed by atoms with Gasteiger partial charge >= 0.3 is 0 Å². The number of anilines is 5. The van der Waals surface area contributed by atoms with Gasteiger partial charge in [-0.05, 0) is 71.3 Å². The average Bonchev–Trinajstić information content (AvgIpc) is 2.96. The van der Waals surface area contributed by atoms with Gasteiger partial charge in [-0.3, -0.25) is 9.69 Å².